The zero-order valence-corrected chi connectivity index (χ0v) is 34.7. The second-order valence-electron chi connectivity index (χ2n) is 16.3. The lowest BCUT2D eigenvalue weighted by molar-refractivity contribution is 0.669. The third-order valence-corrected chi connectivity index (χ3v) is 12.6. The molecule has 0 fully saturated rings. The topological polar surface area (TPSA) is 85.5 Å². The molecule has 13 aromatic rings. The molecule has 9 aromatic carbocycles. The number of benzene rings is 9. The molecule has 7 nitrogen and oxygen atoms in total. The minimum absolute atomic E-state index is 0.431. The van der Waals surface area contributed by atoms with Crippen LogP contribution in [0.5, 0.6) is 0 Å². The predicted octanol–water partition coefficient (Wildman–Crippen LogP) is 14.5. The summed E-state index contributed by atoms with van der Waals surface area (Å²) in [6, 6.07) is 73.2. The molecule has 13 rings (SSSR count). The van der Waals surface area contributed by atoms with Crippen molar-refractivity contribution in [2.45, 2.75) is 0 Å². The van der Waals surface area contributed by atoms with Crippen LogP contribution < -0.4 is 0 Å². The Morgan fingerprint density at radius 3 is 1.86 bits per heavy atom. The predicted molar refractivity (Wildman–Crippen MR) is 262 cm³/mol. The number of hydrogen-bond donors (Lipinski definition) is 0. The molecule has 0 aliphatic rings. The van der Waals surface area contributed by atoms with Crippen molar-refractivity contribution in [2.24, 2.45) is 0 Å². The Labute approximate surface area is 372 Å². The molecular formula is C58H34N6O. The number of nitrogens with zero attached hydrogens (tertiary/aromatic N) is 6. The molecule has 4 heterocycles. The second-order valence-corrected chi connectivity index (χ2v) is 16.3. The number of hydrogen-bond acceptors (Lipinski definition) is 5. The van der Waals surface area contributed by atoms with E-state index in [1.165, 1.54) is 0 Å². The van der Waals surface area contributed by atoms with Crippen LogP contribution in [0.15, 0.2) is 211 Å². The highest BCUT2D eigenvalue weighted by Crippen LogP contribution is 2.44. The van der Waals surface area contributed by atoms with E-state index in [2.05, 4.69) is 143 Å². The number of aromatic nitrogens is 5. The van der Waals surface area contributed by atoms with Crippen LogP contribution in [-0.2, 0) is 0 Å². The quantitative estimate of drug-likeness (QED) is 0.167. The van der Waals surface area contributed by atoms with Gasteiger partial charge in [-0.05, 0) is 77.9 Å². The van der Waals surface area contributed by atoms with Crippen molar-refractivity contribution in [3.05, 3.63) is 212 Å². The van der Waals surface area contributed by atoms with Crippen molar-refractivity contribution in [3.8, 4) is 62.7 Å². The van der Waals surface area contributed by atoms with Crippen molar-refractivity contribution in [3.63, 3.8) is 0 Å². The summed E-state index contributed by atoms with van der Waals surface area (Å²) >= 11 is 0. The molecule has 0 saturated heterocycles. The zero-order chi connectivity index (χ0) is 43.0. The van der Waals surface area contributed by atoms with Crippen LogP contribution in [0.1, 0.15) is 5.56 Å². The van der Waals surface area contributed by atoms with E-state index in [1.807, 2.05) is 78.9 Å². The highest BCUT2D eigenvalue weighted by atomic mass is 16.3. The van der Waals surface area contributed by atoms with Crippen LogP contribution in [0.3, 0.4) is 0 Å². The molecule has 65 heavy (non-hydrogen) atoms. The van der Waals surface area contributed by atoms with Gasteiger partial charge in [0.2, 0.25) is 0 Å². The average Bonchev–Trinajstić information content (AvgIpc) is 4.04. The number of furan rings is 1. The molecule has 7 heteroatoms. The molecule has 302 valence electrons. The Bertz CT molecular complexity index is 4080. The van der Waals surface area contributed by atoms with E-state index in [1.54, 1.807) is 0 Å². The fraction of sp³-hybridized carbons (Fsp3) is 0. The normalized spacial score (nSPS) is 11.7. The summed E-state index contributed by atoms with van der Waals surface area (Å²) in [7, 11) is 0. The molecule has 0 spiro atoms. The number of fused-ring (bicyclic) bond motifs is 10. The highest BCUT2D eigenvalue weighted by Gasteiger charge is 2.25. The van der Waals surface area contributed by atoms with E-state index < -0.39 is 0 Å². The Kier molecular flexibility index (Phi) is 8.14. The SMILES string of the molecule is N#Cc1ccc(-n2c3ccccc3c3ccc4c(c5ccccc5n4-c4ccccc4)c32)c(-c2nc(-c3cccc(-c4ccccc4)c3)nc(-c3cccc4c3oc3ccccc34)n2)c1. The summed E-state index contributed by atoms with van der Waals surface area (Å²) in [5.41, 5.74) is 12.6. The van der Waals surface area contributed by atoms with Gasteiger partial charge in [-0.25, -0.2) is 15.0 Å². The van der Waals surface area contributed by atoms with E-state index in [-0.39, 0.29) is 0 Å². The van der Waals surface area contributed by atoms with Crippen LogP contribution >= 0.6 is 0 Å². The lowest BCUT2D eigenvalue weighted by Crippen LogP contribution is -2.04. The van der Waals surface area contributed by atoms with Gasteiger partial charge in [-0.1, -0.05) is 140 Å². The second kappa shape index (κ2) is 14.5. The molecule has 0 aliphatic carbocycles. The van der Waals surface area contributed by atoms with Crippen LogP contribution in [0.4, 0.5) is 0 Å². The number of nitriles is 1. The first-order valence-electron chi connectivity index (χ1n) is 21.6. The lowest BCUT2D eigenvalue weighted by atomic mass is 10.0. The minimum Gasteiger partial charge on any atom is -0.455 e. The van der Waals surface area contributed by atoms with Crippen LogP contribution in [0, 0.1) is 11.3 Å². The maximum atomic E-state index is 10.5. The van der Waals surface area contributed by atoms with Crippen molar-refractivity contribution < 1.29 is 4.42 Å². The van der Waals surface area contributed by atoms with Gasteiger partial charge in [0.05, 0.1) is 45.0 Å². The van der Waals surface area contributed by atoms with Gasteiger partial charge in [0.25, 0.3) is 0 Å². The van der Waals surface area contributed by atoms with Crippen LogP contribution in [-0.4, -0.2) is 24.1 Å². The van der Waals surface area contributed by atoms with E-state index >= 15 is 0 Å². The fourth-order valence-electron chi connectivity index (χ4n) is 9.73. The molecule has 0 atom stereocenters. The molecule has 0 amide bonds. The van der Waals surface area contributed by atoms with E-state index in [0.717, 1.165) is 93.6 Å². The van der Waals surface area contributed by atoms with Crippen LogP contribution in [0.25, 0.3) is 122 Å². The Morgan fingerprint density at radius 1 is 0.415 bits per heavy atom. The maximum Gasteiger partial charge on any atom is 0.167 e. The van der Waals surface area contributed by atoms with Gasteiger partial charge in [0.1, 0.15) is 11.2 Å². The first-order valence-corrected chi connectivity index (χ1v) is 21.6. The van der Waals surface area contributed by atoms with Gasteiger partial charge >= 0.3 is 0 Å². The summed E-state index contributed by atoms with van der Waals surface area (Å²) in [6.45, 7) is 0. The van der Waals surface area contributed by atoms with Gasteiger partial charge in [-0.3, -0.25) is 0 Å². The third kappa shape index (κ3) is 5.71. The van der Waals surface area contributed by atoms with E-state index in [4.69, 9.17) is 19.4 Å². The summed E-state index contributed by atoms with van der Waals surface area (Å²) in [6.07, 6.45) is 0. The highest BCUT2D eigenvalue weighted by molar-refractivity contribution is 6.26. The monoisotopic (exact) mass is 830 g/mol. The van der Waals surface area contributed by atoms with Gasteiger partial charge in [0.15, 0.2) is 17.5 Å². The summed E-state index contributed by atoms with van der Waals surface area (Å²) < 4.78 is 11.3. The average molecular weight is 831 g/mol. The first-order chi connectivity index (χ1) is 32.2. The number of para-hydroxylation sites is 5. The molecular weight excluding hydrogens is 797 g/mol. The third-order valence-electron chi connectivity index (χ3n) is 12.6. The molecule has 0 N–H and O–H groups in total. The van der Waals surface area contributed by atoms with Crippen molar-refractivity contribution in [1.29, 1.82) is 5.26 Å². The Balaban J connectivity index is 1.13. The smallest absolute Gasteiger partial charge is 0.167 e. The summed E-state index contributed by atoms with van der Waals surface area (Å²) in [5.74, 6) is 1.39. The standard InChI is InChI=1S/C58H34N6O/c59-35-36-29-31-50(64-48-26-10-7-21-41(48)43-30-32-51-53(54(43)64)45-23-8-11-27-49(45)63(51)40-19-5-2-6-20-40)47(33-36)58-61-56(39-18-13-17-38(34-39)37-15-3-1-4-16-37)60-57(62-58)46-25-14-24-44-42-22-9-12-28-52(42)65-55(44)46/h1-34H. The fourth-order valence-corrected chi connectivity index (χ4v) is 9.73. The van der Waals surface area contributed by atoms with E-state index in [0.29, 0.717) is 34.2 Å². The maximum absolute atomic E-state index is 10.5. The minimum atomic E-state index is 0.431. The molecule has 4 aromatic heterocycles. The number of rotatable bonds is 6. The molecule has 0 aliphatic heterocycles. The van der Waals surface area contributed by atoms with Gasteiger partial charge < -0.3 is 13.6 Å². The molecule has 0 saturated carbocycles. The van der Waals surface area contributed by atoms with Crippen molar-refractivity contribution in [2.75, 3.05) is 0 Å². The largest absolute Gasteiger partial charge is 0.455 e. The Morgan fingerprint density at radius 2 is 1.05 bits per heavy atom. The van der Waals surface area contributed by atoms with Gasteiger partial charge in [0, 0.05) is 49.1 Å². The lowest BCUT2D eigenvalue weighted by Gasteiger charge is -2.16. The molecule has 0 bridgehead atoms. The van der Waals surface area contributed by atoms with Crippen molar-refractivity contribution in [1.82, 2.24) is 24.1 Å². The molecule has 0 unspecified atom stereocenters. The first kappa shape index (κ1) is 36.5. The van der Waals surface area contributed by atoms with Crippen LogP contribution in [0.2, 0.25) is 0 Å². The Hall–Kier alpha value is -9.12. The van der Waals surface area contributed by atoms with E-state index in [9.17, 15) is 5.26 Å². The summed E-state index contributed by atoms with van der Waals surface area (Å²) in [4.78, 5) is 15.9. The van der Waals surface area contributed by atoms with Gasteiger partial charge in [-0.15, -0.1) is 0 Å². The molecule has 0 radical (unpaired) electrons. The zero-order valence-electron chi connectivity index (χ0n) is 34.7. The summed E-state index contributed by atoms with van der Waals surface area (Å²) in [5, 5.41) is 17.0. The van der Waals surface area contributed by atoms with Crippen molar-refractivity contribution >= 4 is 65.6 Å². The van der Waals surface area contributed by atoms with Gasteiger partial charge in [-0.2, -0.15) is 5.26 Å².